The lowest BCUT2D eigenvalue weighted by Crippen LogP contribution is -2.47. The van der Waals surface area contributed by atoms with Gasteiger partial charge >= 0.3 is 12.0 Å². The van der Waals surface area contributed by atoms with Gasteiger partial charge in [-0.25, -0.2) is 14.5 Å². The summed E-state index contributed by atoms with van der Waals surface area (Å²) in [6.45, 7) is 9.57. The summed E-state index contributed by atoms with van der Waals surface area (Å²) in [7, 11) is 0. The number of aryl methyl sites for hydroxylation is 2. The van der Waals surface area contributed by atoms with Crippen LogP contribution in [0.5, 0.6) is 5.75 Å². The molecule has 7 heteroatoms. The van der Waals surface area contributed by atoms with Gasteiger partial charge in [-0.3, -0.25) is 4.79 Å². The van der Waals surface area contributed by atoms with E-state index in [1.54, 1.807) is 31.2 Å². The molecule has 1 aliphatic heterocycles. The number of amides is 3. The first kappa shape index (κ1) is 23.1. The molecule has 0 aromatic heterocycles. The van der Waals surface area contributed by atoms with E-state index in [0.717, 1.165) is 21.6 Å². The normalized spacial score (nSPS) is 18.9. The van der Waals surface area contributed by atoms with Crippen LogP contribution in [0.4, 0.5) is 4.79 Å². The highest BCUT2D eigenvalue weighted by Gasteiger charge is 2.52. The van der Waals surface area contributed by atoms with Gasteiger partial charge in [-0.2, -0.15) is 0 Å². The van der Waals surface area contributed by atoms with Crippen LogP contribution in [0, 0.1) is 6.92 Å². The first-order valence-electron chi connectivity index (χ1n) is 10.4. The third-order valence-corrected chi connectivity index (χ3v) is 5.56. The van der Waals surface area contributed by atoms with Crippen LogP contribution in [0.1, 0.15) is 37.0 Å². The van der Waals surface area contributed by atoms with Crippen LogP contribution in [0.15, 0.2) is 60.7 Å². The van der Waals surface area contributed by atoms with E-state index in [9.17, 15) is 19.5 Å². The summed E-state index contributed by atoms with van der Waals surface area (Å²) in [6, 6.07) is 12.5. The van der Waals surface area contributed by atoms with Crippen molar-refractivity contribution in [1.29, 1.82) is 0 Å². The third-order valence-electron chi connectivity index (χ3n) is 5.56. The monoisotopic (exact) mass is 436 g/mol. The van der Waals surface area contributed by atoms with Gasteiger partial charge in [-0.15, -0.1) is 0 Å². The van der Waals surface area contributed by atoms with Crippen molar-refractivity contribution in [3.05, 3.63) is 77.4 Å². The topological polar surface area (TPSA) is 95.9 Å². The zero-order valence-electron chi connectivity index (χ0n) is 18.6. The van der Waals surface area contributed by atoms with Gasteiger partial charge in [-0.1, -0.05) is 48.5 Å². The van der Waals surface area contributed by atoms with Crippen LogP contribution >= 0.6 is 0 Å². The molecular weight excluding hydrogens is 408 g/mol. The van der Waals surface area contributed by atoms with Gasteiger partial charge in [0.2, 0.25) is 0 Å². The number of nitrogens with zero attached hydrogens (tertiary/aromatic N) is 1. The van der Waals surface area contributed by atoms with Gasteiger partial charge in [0.1, 0.15) is 23.9 Å². The number of imide groups is 1. The Morgan fingerprint density at radius 2 is 1.78 bits per heavy atom. The minimum Gasteiger partial charge on any atom is -0.489 e. The minimum absolute atomic E-state index is 0.126. The quantitative estimate of drug-likeness (QED) is 0.460. The number of hydrogen-bond donors (Lipinski definition) is 2. The molecule has 2 aromatic carbocycles. The molecule has 168 valence electrons. The summed E-state index contributed by atoms with van der Waals surface area (Å²) in [4.78, 5) is 38.8. The first-order valence-corrected chi connectivity index (χ1v) is 10.4. The molecule has 3 rings (SSSR count). The number of carbonyl (C=O) groups is 3. The number of benzene rings is 2. The van der Waals surface area contributed by atoms with Crippen LogP contribution in [0.25, 0.3) is 0 Å². The summed E-state index contributed by atoms with van der Waals surface area (Å²) in [5, 5.41) is 12.5. The lowest BCUT2D eigenvalue weighted by atomic mass is 9.91. The molecule has 7 nitrogen and oxygen atoms in total. The van der Waals surface area contributed by atoms with Gasteiger partial charge in [0, 0.05) is 0 Å². The number of nitrogens with one attached hydrogen (secondary N) is 1. The maximum atomic E-state index is 13.3. The average molecular weight is 437 g/mol. The molecule has 2 N–H and O–H groups in total. The number of carbonyl (C=O) groups excluding carboxylic acids is 2. The Labute approximate surface area is 187 Å². The fraction of sp³-hybridized carbons (Fsp3) is 0.320. The van der Waals surface area contributed by atoms with Crippen molar-refractivity contribution in [2.24, 2.45) is 0 Å². The smallest absolute Gasteiger partial charge is 0.327 e. The summed E-state index contributed by atoms with van der Waals surface area (Å²) in [5.41, 5.74) is 2.11. The highest BCUT2D eigenvalue weighted by molar-refractivity contribution is 6.09. The fourth-order valence-corrected chi connectivity index (χ4v) is 3.65. The van der Waals surface area contributed by atoms with Crippen molar-refractivity contribution in [2.45, 2.75) is 45.2 Å². The molecule has 2 unspecified atom stereocenters. The summed E-state index contributed by atoms with van der Waals surface area (Å²) in [6.07, 6.45) is 0.557. The molecule has 32 heavy (non-hydrogen) atoms. The summed E-state index contributed by atoms with van der Waals surface area (Å²) >= 11 is 0. The number of ether oxygens (including phenoxy) is 1. The van der Waals surface area contributed by atoms with Gasteiger partial charge in [0.25, 0.3) is 5.91 Å². The van der Waals surface area contributed by atoms with E-state index >= 15 is 0 Å². The van der Waals surface area contributed by atoms with Crippen LogP contribution in [-0.4, -0.2) is 40.6 Å². The first-order chi connectivity index (χ1) is 15.1. The standard InChI is InChI=1S/C25H28N2O5/c1-16(2)15-32-20-12-10-19(11-13-20)25(4)23(30)27(24(31)26-25)21(22(28)29)14-9-18-7-5-17(3)6-8-18/h5-8,10-13,21H,1,9,14-15H2,2-4H3,(H,26,31)(H,28,29). The lowest BCUT2D eigenvalue weighted by Gasteiger charge is -2.25. The second-order valence-corrected chi connectivity index (χ2v) is 8.38. The number of carboxylic acids is 1. The zero-order valence-corrected chi connectivity index (χ0v) is 18.6. The summed E-state index contributed by atoms with van der Waals surface area (Å²) in [5.74, 6) is -1.20. The molecule has 2 atom stereocenters. The molecule has 0 radical (unpaired) electrons. The molecule has 2 aromatic rings. The van der Waals surface area contributed by atoms with Crippen molar-refractivity contribution in [3.63, 3.8) is 0 Å². The van der Waals surface area contributed by atoms with E-state index in [4.69, 9.17) is 4.74 Å². The third kappa shape index (κ3) is 4.82. The van der Waals surface area contributed by atoms with Crippen LogP contribution in [-0.2, 0) is 21.5 Å². The Kier molecular flexibility index (Phi) is 6.67. The van der Waals surface area contributed by atoms with Crippen molar-refractivity contribution in [1.82, 2.24) is 10.2 Å². The van der Waals surface area contributed by atoms with E-state index in [0.29, 0.717) is 24.3 Å². The van der Waals surface area contributed by atoms with E-state index in [1.165, 1.54) is 0 Å². The number of aliphatic carboxylic acids is 1. The maximum Gasteiger partial charge on any atom is 0.327 e. The SMILES string of the molecule is C=C(C)COc1ccc(C2(C)NC(=O)N(C(CCc3ccc(C)cc3)C(=O)O)C2=O)cc1. The largest absolute Gasteiger partial charge is 0.489 e. The second kappa shape index (κ2) is 9.26. The molecular formula is C25H28N2O5. The fourth-order valence-electron chi connectivity index (χ4n) is 3.65. The Balaban J connectivity index is 1.78. The van der Waals surface area contributed by atoms with Gasteiger partial charge in [-0.05, 0) is 62.4 Å². The number of carboxylic acid groups (broad SMARTS) is 1. The van der Waals surface area contributed by atoms with Crippen LogP contribution < -0.4 is 10.1 Å². The van der Waals surface area contributed by atoms with Gasteiger partial charge < -0.3 is 15.2 Å². The van der Waals surface area contributed by atoms with Gasteiger partial charge in [0.05, 0.1) is 0 Å². The minimum atomic E-state index is -1.36. The van der Waals surface area contributed by atoms with Crippen molar-refractivity contribution < 1.29 is 24.2 Å². The molecule has 0 saturated carbocycles. The van der Waals surface area contributed by atoms with Crippen molar-refractivity contribution in [3.8, 4) is 5.75 Å². The molecule has 1 aliphatic rings. The van der Waals surface area contributed by atoms with E-state index < -0.39 is 29.5 Å². The second-order valence-electron chi connectivity index (χ2n) is 8.38. The Morgan fingerprint density at radius 3 is 2.34 bits per heavy atom. The van der Waals surface area contributed by atoms with Crippen LogP contribution in [0.2, 0.25) is 0 Å². The van der Waals surface area contributed by atoms with Crippen molar-refractivity contribution in [2.75, 3.05) is 6.61 Å². The summed E-state index contributed by atoms with van der Waals surface area (Å²) < 4.78 is 5.58. The molecule has 1 heterocycles. The number of rotatable bonds is 9. The average Bonchev–Trinajstić information content (AvgIpc) is 2.98. The molecule has 0 aliphatic carbocycles. The Bertz CT molecular complexity index is 1030. The Hall–Kier alpha value is -3.61. The van der Waals surface area contributed by atoms with Gasteiger partial charge in [0.15, 0.2) is 0 Å². The highest BCUT2D eigenvalue weighted by Crippen LogP contribution is 2.32. The maximum absolute atomic E-state index is 13.3. The molecule has 3 amide bonds. The van der Waals surface area contributed by atoms with E-state index in [1.807, 2.05) is 38.1 Å². The molecule has 0 bridgehead atoms. The lowest BCUT2D eigenvalue weighted by molar-refractivity contribution is -0.148. The predicted molar refractivity (Wildman–Crippen MR) is 120 cm³/mol. The molecule has 0 spiro atoms. The van der Waals surface area contributed by atoms with E-state index in [2.05, 4.69) is 11.9 Å². The van der Waals surface area contributed by atoms with Crippen molar-refractivity contribution >= 4 is 17.9 Å². The van der Waals surface area contributed by atoms with Crippen LogP contribution in [0.3, 0.4) is 0 Å². The predicted octanol–water partition coefficient (Wildman–Crippen LogP) is 3.80. The zero-order chi connectivity index (χ0) is 23.5. The highest BCUT2D eigenvalue weighted by atomic mass is 16.5. The molecule has 1 saturated heterocycles. The number of hydrogen-bond acceptors (Lipinski definition) is 4. The number of urea groups is 1. The van der Waals surface area contributed by atoms with E-state index in [-0.39, 0.29) is 6.42 Å². The Morgan fingerprint density at radius 1 is 1.16 bits per heavy atom. The molecule has 1 fully saturated rings.